The lowest BCUT2D eigenvalue weighted by Gasteiger charge is -2.35. The molecule has 0 radical (unpaired) electrons. The Balaban J connectivity index is 2.06. The van der Waals surface area contributed by atoms with Gasteiger partial charge in [0, 0.05) is 19.4 Å². The third-order valence-electron chi connectivity index (χ3n) is 4.33. The largest absolute Gasteiger partial charge is 0.480 e. The van der Waals surface area contributed by atoms with E-state index in [1.807, 2.05) is 30.3 Å². The molecule has 2 amide bonds. The normalized spacial score (nSPS) is 18.7. The van der Waals surface area contributed by atoms with E-state index in [9.17, 15) is 19.5 Å². The van der Waals surface area contributed by atoms with E-state index in [0.717, 1.165) is 18.4 Å². The Morgan fingerprint density at radius 2 is 1.96 bits per heavy atom. The molecule has 130 valence electrons. The summed E-state index contributed by atoms with van der Waals surface area (Å²) < 4.78 is 0. The van der Waals surface area contributed by atoms with Crippen LogP contribution in [-0.4, -0.2) is 46.4 Å². The molecule has 0 spiro atoms. The molecule has 1 fully saturated rings. The van der Waals surface area contributed by atoms with E-state index in [2.05, 4.69) is 5.32 Å². The number of aliphatic carboxylic acids is 1. The standard InChI is InChI=1S/C18H24N2O4/c1-2-16(21)20-11-7-6-10-15(20)17(22)19-14(18(23)24)12-13-8-4-3-5-9-13/h3-5,8-9,14-15H,2,6-7,10-12H2,1H3,(H,19,22)(H,23,24). The fraction of sp³-hybridized carbons (Fsp3) is 0.500. The van der Waals surface area contributed by atoms with Gasteiger partial charge in [-0.1, -0.05) is 37.3 Å². The molecule has 6 heteroatoms. The predicted octanol–water partition coefficient (Wildman–Crippen LogP) is 1.59. The van der Waals surface area contributed by atoms with Crippen LogP contribution in [0.25, 0.3) is 0 Å². The maximum atomic E-state index is 12.6. The zero-order chi connectivity index (χ0) is 17.5. The molecular formula is C18H24N2O4. The molecule has 0 saturated carbocycles. The molecular weight excluding hydrogens is 308 g/mol. The zero-order valence-electron chi connectivity index (χ0n) is 13.9. The van der Waals surface area contributed by atoms with Crippen molar-refractivity contribution in [1.82, 2.24) is 10.2 Å². The number of carboxylic acids is 1. The molecule has 6 nitrogen and oxygen atoms in total. The first-order chi connectivity index (χ1) is 11.5. The van der Waals surface area contributed by atoms with Crippen LogP contribution in [0.2, 0.25) is 0 Å². The van der Waals surface area contributed by atoms with E-state index >= 15 is 0 Å². The first-order valence-corrected chi connectivity index (χ1v) is 8.39. The molecule has 1 aliphatic heterocycles. The van der Waals surface area contributed by atoms with Gasteiger partial charge in [0.1, 0.15) is 12.1 Å². The smallest absolute Gasteiger partial charge is 0.326 e. The van der Waals surface area contributed by atoms with Crippen LogP contribution in [0.15, 0.2) is 30.3 Å². The second-order valence-corrected chi connectivity index (χ2v) is 6.04. The quantitative estimate of drug-likeness (QED) is 0.828. The molecule has 0 aliphatic carbocycles. The minimum atomic E-state index is -1.07. The van der Waals surface area contributed by atoms with E-state index in [1.165, 1.54) is 0 Å². The molecule has 2 atom stereocenters. The summed E-state index contributed by atoms with van der Waals surface area (Å²) in [4.78, 5) is 37.7. The van der Waals surface area contributed by atoms with E-state index in [0.29, 0.717) is 19.4 Å². The Kier molecular flexibility index (Phi) is 6.35. The van der Waals surface area contributed by atoms with Gasteiger partial charge < -0.3 is 15.3 Å². The van der Waals surface area contributed by atoms with Gasteiger partial charge in [0.15, 0.2) is 0 Å². The summed E-state index contributed by atoms with van der Waals surface area (Å²) in [7, 11) is 0. The van der Waals surface area contributed by atoms with E-state index in [4.69, 9.17) is 0 Å². The molecule has 1 aliphatic rings. The van der Waals surface area contributed by atoms with Crippen LogP contribution in [0.3, 0.4) is 0 Å². The Labute approximate surface area is 141 Å². The number of nitrogens with zero attached hydrogens (tertiary/aromatic N) is 1. The van der Waals surface area contributed by atoms with Crippen molar-refractivity contribution >= 4 is 17.8 Å². The predicted molar refractivity (Wildman–Crippen MR) is 89.4 cm³/mol. The van der Waals surface area contributed by atoms with Crippen LogP contribution in [0, 0.1) is 0 Å². The first-order valence-electron chi connectivity index (χ1n) is 8.39. The zero-order valence-corrected chi connectivity index (χ0v) is 13.9. The Hall–Kier alpha value is -2.37. The van der Waals surface area contributed by atoms with Crippen LogP contribution in [0.5, 0.6) is 0 Å². The van der Waals surface area contributed by atoms with Crippen LogP contribution in [0.1, 0.15) is 38.2 Å². The van der Waals surface area contributed by atoms with Crippen molar-refractivity contribution in [3.05, 3.63) is 35.9 Å². The summed E-state index contributed by atoms with van der Waals surface area (Å²) in [5.74, 6) is -1.51. The Morgan fingerprint density at radius 1 is 1.25 bits per heavy atom. The highest BCUT2D eigenvalue weighted by molar-refractivity contribution is 5.90. The SMILES string of the molecule is CCC(=O)N1CCCCC1C(=O)NC(Cc1ccccc1)C(=O)O. The van der Waals surface area contributed by atoms with Gasteiger partial charge in [-0.15, -0.1) is 0 Å². The second-order valence-electron chi connectivity index (χ2n) is 6.04. The van der Waals surface area contributed by atoms with Crippen molar-refractivity contribution in [2.75, 3.05) is 6.54 Å². The topological polar surface area (TPSA) is 86.7 Å². The highest BCUT2D eigenvalue weighted by Crippen LogP contribution is 2.18. The van der Waals surface area contributed by atoms with E-state index in [1.54, 1.807) is 11.8 Å². The van der Waals surface area contributed by atoms with Crippen LogP contribution < -0.4 is 5.32 Å². The van der Waals surface area contributed by atoms with Crippen molar-refractivity contribution in [1.29, 1.82) is 0 Å². The average Bonchev–Trinajstić information content (AvgIpc) is 2.61. The third kappa shape index (κ3) is 4.57. The van der Waals surface area contributed by atoms with Crippen molar-refractivity contribution in [2.24, 2.45) is 0 Å². The number of carboxylic acid groups (broad SMARTS) is 1. The number of hydrogen-bond donors (Lipinski definition) is 2. The number of carbonyl (C=O) groups excluding carboxylic acids is 2. The Bertz CT molecular complexity index is 588. The molecule has 24 heavy (non-hydrogen) atoms. The van der Waals surface area contributed by atoms with Gasteiger partial charge >= 0.3 is 5.97 Å². The van der Waals surface area contributed by atoms with Gasteiger partial charge in [-0.05, 0) is 24.8 Å². The molecule has 1 saturated heterocycles. The second kappa shape index (κ2) is 8.47. The number of hydrogen-bond acceptors (Lipinski definition) is 3. The minimum Gasteiger partial charge on any atom is -0.480 e. The lowest BCUT2D eigenvalue weighted by Crippen LogP contribution is -2.55. The number of benzene rings is 1. The molecule has 0 bridgehead atoms. The van der Waals surface area contributed by atoms with E-state index < -0.39 is 18.1 Å². The molecule has 1 aromatic carbocycles. The summed E-state index contributed by atoms with van der Waals surface area (Å²) in [6.07, 6.45) is 2.88. The molecule has 2 rings (SSSR count). The van der Waals surface area contributed by atoms with Crippen molar-refractivity contribution in [3.63, 3.8) is 0 Å². The van der Waals surface area contributed by atoms with Gasteiger partial charge in [0.05, 0.1) is 0 Å². The van der Waals surface area contributed by atoms with Gasteiger partial charge in [0.2, 0.25) is 11.8 Å². The summed E-state index contributed by atoms with van der Waals surface area (Å²) in [6.45, 7) is 2.32. The van der Waals surface area contributed by atoms with Crippen LogP contribution >= 0.6 is 0 Å². The molecule has 1 heterocycles. The van der Waals surface area contributed by atoms with E-state index in [-0.39, 0.29) is 18.2 Å². The highest BCUT2D eigenvalue weighted by atomic mass is 16.4. The third-order valence-corrected chi connectivity index (χ3v) is 4.33. The number of carbonyl (C=O) groups is 3. The van der Waals surface area contributed by atoms with Gasteiger partial charge in [-0.25, -0.2) is 4.79 Å². The fourth-order valence-corrected chi connectivity index (χ4v) is 3.02. The number of amides is 2. The van der Waals surface area contributed by atoms with Crippen LogP contribution in [0.4, 0.5) is 0 Å². The average molecular weight is 332 g/mol. The van der Waals surface area contributed by atoms with Crippen molar-refractivity contribution in [2.45, 2.75) is 51.1 Å². The van der Waals surface area contributed by atoms with Gasteiger partial charge in [-0.2, -0.15) is 0 Å². The monoisotopic (exact) mass is 332 g/mol. The van der Waals surface area contributed by atoms with Crippen LogP contribution in [-0.2, 0) is 20.8 Å². The van der Waals surface area contributed by atoms with Gasteiger partial charge in [-0.3, -0.25) is 9.59 Å². The van der Waals surface area contributed by atoms with Crippen molar-refractivity contribution < 1.29 is 19.5 Å². The fourth-order valence-electron chi connectivity index (χ4n) is 3.02. The first kappa shape index (κ1) is 18.0. The molecule has 2 N–H and O–H groups in total. The number of nitrogens with one attached hydrogen (secondary N) is 1. The summed E-state index contributed by atoms with van der Waals surface area (Å²) >= 11 is 0. The maximum absolute atomic E-state index is 12.6. The van der Waals surface area contributed by atoms with Gasteiger partial charge in [0.25, 0.3) is 0 Å². The Morgan fingerprint density at radius 3 is 2.58 bits per heavy atom. The number of rotatable bonds is 6. The summed E-state index contributed by atoms with van der Waals surface area (Å²) in [5, 5.41) is 12.0. The summed E-state index contributed by atoms with van der Waals surface area (Å²) in [6, 6.07) is 7.61. The maximum Gasteiger partial charge on any atom is 0.326 e. The number of piperidine rings is 1. The minimum absolute atomic E-state index is 0.0650. The molecule has 2 unspecified atom stereocenters. The lowest BCUT2D eigenvalue weighted by molar-refractivity contribution is -0.145. The molecule has 0 aromatic heterocycles. The summed E-state index contributed by atoms with van der Waals surface area (Å²) in [5.41, 5.74) is 0.843. The molecule has 1 aromatic rings. The number of likely N-dealkylation sites (tertiary alicyclic amines) is 1. The highest BCUT2D eigenvalue weighted by Gasteiger charge is 2.33. The lowest BCUT2D eigenvalue weighted by atomic mass is 9.99. The van der Waals surface area contributed by atoms with Crippen molar-refractivity contribution in [3.8, 4) is 0 Å².